The van der Waals surface area contributed by atoms with Crippen LogP contribution in [0.1, 0.15) is 30.0 Å². The third kappa shape index (κ3) is 5.13. The maximum absolute atomic E-state index is 13.0. The average Bonchev–Trinajstić information content (AvgIpc) is 2.90. The molecule has 1 saturated heterocycles. The Bertz CT molecular complexity index is 705. The maximum Gasteiger partial charge on any atom is 0.224 e. The van der Waals surface area contributed by atoms with E-state index < -0.39 is 0 Å². The van der Waals surface area contributed by atoms with E-state index in [4.69, 9.17) is 5.73 Å². The minimum atomic E-state index is -0.262. The van der Waals surface area contributed by atoms with Crippen LogP contribution in [0.15, 0.2) is 54.6 Å². The van der Waals surface area contributed by atoms with Crippen molar-refractivity contribution in [2.24, 2.45) is 5.73 Å². The van der Waals surface area contributed by atoms with Crippen molar-refractivity contribution in [1.29, 1.82) is 0 Å². The number of carbonyl (C=O) groups excluding carboxylic acids is 1. The van der Waals surface area contributed by atoms with Crippen LogP contribution in [0.2, 0.25) is 0 Å². The molecule has 4 nitrogen and oxygen atoms in total. The molecular formula is C21H26FN3O. The molecule has 1 fully saturated rings. The lowest BCUT2D eigenvalue weighted by Crippen LogP contribution is -2.36. The molecule has 0 saturated carbocycles. The van der Waals surface area contributed by atoms with Gasteiger partial charge in [-0.25, -0.2) is 4.39 Å². The van der Waals surface area contributed by atoms with Gasteiger partial charge in [0.2, 0.25) is 5.91 Å². The zero-order chi connectivity index (χ0) is 18.4. The molecule has 1 unspecified atom stereocenters. The summed E-state index contributed by atoms with van der Waals surface area (Å²) in [6.07, 6.45) is 1.27. The quantitative estimate of drug-likeness (QED) is 0.897. The van der Waals surface area contributed by atoms with E-state index in [9.17, 15) is 9.18 Å². The smallest absolute Gasteiger partial charge is 0.224 e. The van der Waals surface area contributed by atoms with E-state index in [1.54, 1.807) is 0 Å². The van der Waals surface area contributed by atoms with E-state index in [1.165, 1.54) is 12.1 Å². The van der Waals surface area contributed by atoms with E-state index in [1.807, 2.05) is 47.4 Å². The number of hydrogen-bond acceptors (Lipinski definition) is 3. The number of nitrogens with two attached hydrogens (primary N) is 1. The van der Waals surface area contributed by atoms with Crippen molar-refractivity contribution < 1.29 is 9.18 Å². The number of halogens is 1. The van der Waals surface area contributed by atoms with E-state index in [2.05, 4.69) is 4.90 Å². The monoisotopic (exact) mass is 355 g/mol. The molecule has 1 heterocycles. The highest BCUT2D eigenvalue weighted by atomic mass is 19.1. The van der Waals surface area contributed by atoms with Crippen LogP contribution in [0, 0.1) is 5.82 Å². The van der Waals surface area contributed by atoms with Crippen LogP contribution in [-0.4, -0.2) is 41.9 Å². The predicted octanol–water partition coefficient (Wildman–Crippen LogP) is 2.95. The van der Waals surface area contributed by atoms with Crippen LogP contribution in [0.25, 0.3) is 0 Å². The van der Waals surface area contributed by atoms with Gasteiger partial charge >= 0.3 is 0 Å². The first-order valence-electron chi connectivity index (χ1n) is 9.17. The van der Waals surface area contributed by atoms with E-state index in [0.29, 0.717) is 13.0 Å². The second-order valence-electron chi connectivity index (χ2n) is 6.86. The largest absolute Gasteiger partial charge is 0.341 e. The highest BCUT2D eigenvalue weighted by Crippen LogP contribution is 2.16. The Kier molecular flexibility index (Phi) is 6.36. The summed E-state index contributed by atoms with van der Waals surface area (Å²) in [5, 5.41) is 0. The second-order valence-corrected chi connectivity index (χ2v) is 6.86. The van der Waals surface area contributed by atoms with Crippen molar-refractivity contribution >= 4 is 5.91 Å². The topological polar surface area (TPSA) is 49.6 Å². The molecule has 0 aliphatic carbocycles. The highest BCUT2D eigenvalue weighted by molar-refractivity contribution is 5.77. The zero-order valence-electron chi connectivity index (χ0n) is 15.0. The van der Waals surface area contributed by atoms with Gasteiger partial charge in [-0.2, -0.15) is 0 Å². The van der Waals surface area contributed by atoms with Gasteiger partial charge in [0, 0.05) is 45.2 Å². The lowest BCUT2D eigenvalue weighted by molar-refractivity contribution is -0.131. The van der Waals surface area contributed by atoms with Crippen LogP contribution in [0.3, 0.4) is 0 Å². The standard InChI is InChI=1S/C21H26FN3O/c22-19-9-7-17(8-10-19)16-24-11-4-12-25(14-13-24)21(26)15-20(23)18-5-2-1-3-6-18/h1-3,5-10,20H,4,11-16,23H2. The number of carbonyl (C=O) groups is 1. The number of rotatable bonds is 5. The Morgan fingerprint density at radius 3 is 2.46 bits per heavy atom. The van der Waals surface area contributed by atoms with Gasteiger partial charge < -0.3 is 10.6 Å². The summed E-state index contributed by atoms with van der Waals surface area (Å²) in [6, 6.07) is 16.1. The Morgan fingerprint density at radius 1 is 1.00 bits per heavy atom. The first kappa shape index (κ1) is 18.5. The number of amides is 1. The van der Waals surface area contributed by atoms with Gasteiger partial charge in [-0.15, -0.1) is 0 Å². The van der Waals surface area contributed by atoms with Gasteiger partial charge in [0.05, 0.1) is 0 Å². The fraction of sp³-hybridized carbons (Fsp3) is 0.381. The van der Waals surface area contributed by atoms with Crippen LogP contribution >= 0.6 is 0 Å². The maximum atomic E-state index is 13.0. The zero-order valence-corrected chi connectivity index (χ0v) is 15.0. The van der Waals surface area contributed by atoms with Crippen molar-refractivity contribution in [3.8, 4) is 0 Å². The first-order chi connectivity index (χ1) is 12.6. The molecule has 0 bridgehead atoms. The average molecular weight is 355 g/mol. The number of benzene rings is 2. The normalized spacial score (nSPS) is 16.9. The molecule has 1 aliphatic rings. The van der Waals surface area contributed by atoms with E-state index in [0.717, 1.165) is 43.7 Å². The molecule has 26 heavy (non-hydrogen) atoms. The molecule has 1 aliphatic heterocycles. The molecule has 138 valence electrons. The molecule has 5 heteroatoms. The molecule has 3 rings (SSSR count). The lowest BCUT2D eigenvalue weighted by Gasteiger charge is -2.23. The van der Waals surface area contributed by atoms with Gasteiger partial charge in [-0.1, -0.05) is 42.5 Å². The third-order valence-corrected chi connectivity index (χ3v) is 4.88. The van der Waals surface area contributed by atoms with Crippen LogP contribution < -0.4 is 5.73 Å². The van der Waals surface area contributed by atoms with Crippen LogP contribution in [-0.2, 0) is 11.3 Å². The SMILES string of the molecule is NC(CC(=O)N1CCCN(Cc2ccc(F)cc2)CC1)c1ccccc1. The summed E-state index contributed by atoms with van der Waals surface area (Å²) < 4.78 is 13.0. The fourth-order valence-corrected chi connectivity index (χ4v) is 3.36. The van der Waals surface area contributed by atoms with E-state index in [-0.39, 0.29) is 17.8 Å². The Morgan fingerprint density at radius 2 is 1.73 bits per heavy atom. The highest BCUT2D eigenvalue weighted by Gasteiger charge is 2.21. The molecule has 2 aromatic rings. The van der Waals surface area contributed by atoms with Gasteiger partial charge in [-0.3, -0.25) is 9.69 Å². The summed E-state index contributed by atoms with van der Waals surface area (Å²) in [5.41, 5.74) is 8.28. The molecule has 1 amide bonds. The van der Waals surface area contributed by atoms with Crippen molar-refractivity contribution in [3.05, 3.63) is 71.5 Å². The lowest BCUT2D eigenvalue weighted by atomic mass is 10.0. The van der Waals surface area contributed by atoms with Gasteiger partial charge in [-0.05, 0) is 29.7 Å². The third-order valence-electron chi connectivity index (χ3n) is 4.88. The van der Waals surface area contributed by atoms with Gasteiger partial charge in [0.15, 0.2) is 0 Å². The predicted molar refractivity (Wildman–Crippen MR) is 101 cm³/mol. The molecule has 0 radical (unpaired) electrons. The molecule has 0 spiro atoms. The Labute approximate surface area is 154 Å². The summed E-state index contributed by atoms with van der Waals surface area (Å²) in [5.74, 6) is -0.0962. The molecule has 2 N–H and O–H groups in total. The van der Waals surface area contributed by atoms with Crippen molar-refractivity contribution in [3.63, 3.8) is 0 Å². The Balaban J connectivity index is 1.51. The Hall–Kier alpha value is -2.24. The molecule has 2 aromatic carbocycles. The minimum Gasteiger partial charge on any atom is -0.341 e. The van der Waals surface area contributed by atoms with Gasteiger partial charge in [0.1, 0.15) is 5.82 Å². The first-order valence-corrected chi connectivity index (χ1v) is 9.17. The van der Waals surface area contributed by atoms with Crippen molar-refractivity contribution in [2.75, 3.05) is 26.2 Å². The molecule has 1 atom stereocenters. The van der Waals surface area contributed by atoms with Crippen LogP contribution in [0.5, 0.6) is 0 Å². The fourth-order valence-electron chi connectivity index (χ4n) is 3.36. The summed E-state index contributed by atoms with van der Waals surface area (Å²) in [7, 11) is 0. The minimum absolute atomic E-state index is 0.116. The number of hydrogen-bond donors (Lipinski definition) is 1. The summed E-state index contributed by atoms with van der Waals surface area (Å²) in [4.78, 5) is 16.9. The van der Waals surface area contributed by atoms with Crippen molar-refractivity contribution in [2.45, 2.75) is 25.4 Å². The second kappa shape index (κ2) is 8.92. The molecular weight excluding hydrogens is 329 g/mol. The molecule has 0 aromatic heterocycles. The van der Waals surface area contributed by atoms with Crippen molar-refractivity contribution in [1.82, 2.24) is 9.80 Å². The summed E-state index contributed by atoms with van der Waals surface area (Å²) in [6.45, 7) is 4.02. The van der Waals surface area contributed by atoms with Gasteiger partial charge in [0.25, 0.3) is 0 Å². The summed E-state index contributed by atoms with van der Waals surface area (Å²) >= 11 is 0. The van der Waals surface area contributed by atoms with Crippen LogP contribution in [0.4, 0.5) is 4.39 Å². The van der Waals surface area contributed by atoms with E-state index >= 15 is 0 Å². The number of nitrogens with zero attached hydrogens (tertiary/aromatic N) is 2.